The van der Waals surface area contributed by atoms with Crippen LogP contribution < -0.4 is 14.8 Å². The molecule has 1 aromatic carbocycles. The van der Waals surface area contributed by atoms with E-state index in [1.165, 1.54) is 0 Å². The number of rotatable bonds is 5. The topological polar surface area (TPSA) is 30.5 Å². The Morgan fingerprint density at radius 2 is 2.00 bits per heavy atom. The summed E-state index contributed by atoms with van der Waals surface area (Å²) in [7, 11) is 3.29. The van der Waals surface area contributed by atoms with Crippen molar-refractivity contribution in [2.75, 3.05) is 20.2 Å². The maximum Gasteiger partial charge on any atom is 0.127 e. The fraction of sp³-hybridized carbons (Fsp3) is 0.455. The van der Waals surface area contributed by atoms with Gasteiger partial charge in [0.2, 0.25) is 0 Å². The van der Waals surface area contributed by atoms with Gasteiger partial charge in [0, 0.05) is 18.2 Å². The molecule has 0 amide bonds. The number of hydrogen-bond acceptors (Lipinski definition) is 3. The van der Waals surface area contributed by atoms with E-state index in [1.807, 2.05) is 19.1 Å². The molecule has 4 heteroatoms. The van der Waals surface area contributed by atoms with Crippen molar-refractivity contribution < 1.29 is 9.47 Å². The minimum Gasteiger partial charge on any atom is -0.497 e. The fourth-order valence-corrected chi connectivity index (χ4v) is 1.55. The van der Waals surface area contributed by atoms with Crippen LogP contribution in [0.5, 0.6) is 11.5 Å². The van der Waals surface area contributed by atoms with Crippen molar-refractivity contribution in [3.8, 4) is 11.5 Å². The van der Waals surface area contributed by atoms with Gasteiger partial charge in [-0.15, -0.1) is 11.6 Å². The lowest BCUT2D eigenvalue weighted by Crippen LogP contribution is -2.12. The molecular weight excluding hydrogens is 214 g/mol. The molecule has 0 atom stereocenters. The predicted molar refractivity (Wildman–Crippen MR) is 61.8 cm³/mol. The molecule has 1 aromatic rings. The number of nitrogens with one attached hydrogen (secondary N) is 1. The van der Waals surface area contributed by atoms with E-state index in [4.69, 9.17) is 21.1 Å². The third kappa shape index (κ3) is 3.01. The Labute approximate surface area is 95.3 Å². The van der Waals surface area contributed by atoms with Crippen LogP contribution in [0.2, 0.25) is 0 Å². The van der Waals surface area contributed by atoms with Gasteiger partial charge in [-0.2, -0.15) is 0 Å². The minimum absolute atomic E-state index is 0.425. The van der Waals surface area contributed by atoms with E-state index in [9.17, 15) is 0 Å². The van der Waals surface area contributed by atoms with Crippen LogP contribution in [-0.2, 0) is 6.54 Å². The molecule has 0 saturated carbocycles. The van der Waals surface area contributed by atoms with E-state index in [1.54, 1.807) is 14.2 Å². The molecule has 0 aliphatic rings. The molecule has 3 nitrogen and oxygen atoms in total. The second-order valence-corrected chi connectivity index (χ2v) is 3.45. The molecule has 0 spiro atoms. The highest BCUT2D eigenvalue weighted by atomic mass is 35.5. The number of halogens is 1. The first kappa shape index (κ1) is 12.1. The summed E-state index contributed by atoms with van der Waals surface area (Å²) in [4.78, 5) is 0. The highest BCUT2D eigenvalue weighted by Gasteiger charge is 2.08. The first-order valence-electron chi connectivity index (χ1n) is 4.71. The van der Waals surface area contributed by atoms with Gasteiger partial charge in [-0.05, 0) is 18.6 Å². The average molecular weight is 230 g/mol. The molecule has 0 aliphatic carbocycles. The Morgan fingerprint density at radius 3 is 2.53 bits per heavy atom. The molecule has 15 heavy (non-hydrogen) atoms. The summed E-state index contributed by atoms with van der Waals surface area (Å²) in [6, 6.07) is 4.28. The molecule has 0 aliphatic heterocycles. The molecule has 0 unspecified atom stereocenters. The third-order valence-corrected chi connectivity index (χ3v) is 2.45. The van der Waals surface area contributed by atoms with Gasteiger partial charge in [0.25, 0.3) is 0 Å². The molecule has 0 aromatic heterocycles. The summed E-state index contributed by atoms with van der Waals surface area (Å²) in [5.41, 5.74) is 2.24. The minimum atomic E-state index is 0.425. The van der Waals surface area contributed by atoms with Crippen LogP contribution in [0.4, 0.5) is 0 Å². The monoisotopic (exact) mass is 229 g/mol. The quantitative estimate of drug-likeness (QED) is 0.621. The van der Waals surface area contributed by atoms with Gasteiger partial charge in [-0.1, -0.05) is 0 Å². The van der Waals surface area contributed by atoms with E-state index in [0.717, 1.165) is 22.6 Å². The van der Waals surface area contributed by atoms with E-state index >= 15 is 0 Å². The van der Waals surface area contributed by atoms with Crippen molar-refractivity contribution in [1.82, 2.24) is 5.32 Å². The SMILES string of the molecule is COc1cc(C)c(CNCCl)c(OC)c1. The summed E-state index contributed by atoms with van der Waals surface area (Å²) in [5, 5.41) is 3.06. The van der Waals surface area contributed by atoms with Gasteiger partial charge in [0.15, 0.2) is 0 Å². The van der Waals surface area contributed by atoms with Gasteiger partial charge in [0.05, 0.1) is 20.2 Å². The molecule has 0 heterocycles. The Kier molecular flexibility index (Phi) is 4.72. The number of benzene rings is 1. The Bertz CT molecular complexity index is 329. The van der Waals surface area contributed by atoms with Crippen molar-refractivity contribution in [3.05, 3.63) is 23.3 Å². The van der Waals surface area contributed by atoms with Crippen LogP contribution in [-0.4, -0.2) is 20.2 Å². The van der Waals surface area contributed by atoms with Gasteiger partial charge in [-0.25, -0.2) is 0 Å². The smallest absolute Gasteiger partial charge is 0.127 e. The molecule has 1 rings (SSSR count). The number of aryl methyl sites for hydroxylation is 1. The van der Waals surface area contributed by atoms with Gasteiger partial charge in [0.1, 0.15) is 11.5 Å². The lowest BCUT2D eigenvalue weighted by Gasteiger charge is -2.13. The van der Waals surface area contributed by atoms with Crippen molar-refractivity contribution >= 4 is 11.6 Å². The predicted octanol–water partition coefficient (Wildman–Crippen LogP) is 2.30. The molecular formula is C11H16ClNO2. The first-order chi connectivity index (χ1) is 7.22. The zero-order chi connectivity index (χ0) is 11.3. The van der Waals surface area contributed by atoms with Crippen LogP contribution >= 0.6 is 11.6 Å². The van der Waals surface area contributed by atoms with Crippen molar-refractivity contribution in [2.24, 2.45) is 0 Å². The lowest BCUT2D eigenvalue weighted by molar-refractivity contribution is 0.389. The van der Waals surface area contributed by atoms with Gasteiger partial charge < -0.3 is 9.47 Å². The van der Waals surface area contributed by atoms with Crippen LogP contribution in [0.3, 0.4) is 0 Å². The summed E-state index contributed by atoms with van der Waals surface area (Å²) in [6.07, 6.45) is 0. The zero-order valence-corrected chi connectivity index (χ0v) is 10.0. The summed E-state index contributed by atoms with van der Waals surface area (Å²) in [5.74, 6) is 1.63. The van der Waals surface area contributed by atoms with Crippen LogP contribution in [0.1, 0.15) is 11.1 Å². The number of ether oxygens (including phenoxy) is 2. The van der Waals surface area contributed by atoms with Crippen LogP contribution in [0, 0.1) is 6.92 Å². The van der Waals surface area contributed by atoms with E-state index in [0.29, 0.717) is 12.5 Å². The van der Waals surface area contributed by atoms with Gasteiger partial charge in [-0.3, -0.25) is 5.32 Å². The summed E-state index contributed by atoms with van der Waals surface area (Å²) >= 11 is 5.58. The van der Waals surface area contributed by atoms with Crippen molar-refractivity contribution in [3.63, 3.8) is 0 Å². The third-order valence-electron chi connectivity index (χ3n) is 2.26. The second-order valence-electron chi connectivity index (χ2n) is 3.19. The highest BCUT2D eigenvalue weighted by molar-refractivity contribution is 6.17. The average Bonchev–Trinajstić information content (AvgIpc) is 2.26. The molecule has 0 fully saturated rings. The lowest BCUT2D eigenvalue weighted by atomic mass is 10.1. The molecule has 0 saturated heterocycles. The van der Waals surface area contributed by atoms with Crippen molar-refractivity contribution in [2.45, 2.75) is 13.5 Å². The zero-order valence-electron chi connectivity index (χ0n) is 9.26. The second kappa shape index (κ2) is 5.83. The van der Waals surface area contributed by atoms with Crippen molar-refractivity contribution in [1.29, 1.82) is 0 Å². The van der Waals surface area contributed by atoms with Crippen LogP contribution in [0.15, 0.2) is 12.1 Å². The Morgan fingerprint density at radius 1 is 1.27 bits per heavy atom. The number of methoxy groups -OCH3 is 2. The summed E-state index contributed by atoms with van der Waals surface area (Å²) < 4.78 is 10.5. The number of hydrogen-bond donors (Lipinski definition) is 1. The maximum atomic E-state index is 5.58. The molecule has 84 valence electrons. The normalized spacial score (nSPS) is 10.1. The standard InChI is InChI=1S/C11H16ClNO2/c1-8-4-9(14-2)5-11(15-3)10(8)6-13-7-12/h4-5,13H,6-7H2,1-3H3. The fourth-order valence-electron chi connectivity index (χ4n) is 1.45. The van der Waals surface area contributed by atoms with Crippen LogP contribution in [0.25, 0.3) is 0 Å². The van der Waals surface area contributed by atoms with Gasteiger partial charge >= 0.3 is 0 Å². The van der Waals surface area contributed by atoms with E-state index < -0.39 is 0 Å². The molecule has 0 bridgehead atoms. The van der Waals surface area contributed by atoms with E-state index in [-0.39, 0.29) is 0 Å². The Balaban J connectivity index is 3.01. The molecule has 1 N–H and O–H groups in total. The number of alkyl halides is 1. The first-order valence-corrected chi connectivity index (χ1v) is 5.24. The highest BCUT2D eigenvalue weighted by Crippen LogP contribution is 2.28. The molecule has 0 radical (unpaired) electrons. The van der Waals surface area contributed by atoms with E-state index in [2.05, 4.69) is 5.32 Å². The summed E-state index contributed by atoms with van der Waals surface area (Å²) in [6.45, 7) is 2.72. The largest absolute Gasteiger partial charge is 0.497 e. The Hall–Kier alpha value is -0.930. The maximum absolute atomic E-state index is 5.58.